The molecule has 0 aliphatic heterocycles. The van der Waals surface area contributed by atoms with Crippen molar-refractivity contribution in [1.29, 1.82) is 0 Å². The molecule has 1 heterocycles. The van der Waals surface area contributed by atoms with Gasteiger partial charge in [-0.05, 0) is 31.7 Å². The average Bonchev–Trinajstić information content (AvgIpc) is 2.48. The molecule has 0 aromatic carbocycles. The van der Waals surface area contributed by atoms with E-state index in [1.54, 1.807) is 4.68 Å². The molecule has 1 unspecified atom stereocenters. The molecular formula is C10H18N2O. The molecular weight excluding hydrogens is 164 g/mol. The minimum atomic E-state index is -0.532. The van der Waals surface area contributed by atoms with Gasteiger partial charge in [0.25, 0.3) is 0 Å². The van der Waals surface area contributed by atoms with Crippen molar-refractivity contribution >= 4 is 0 Å². The van der Waals surface area contributed by atoms with Crippen molar-refractivity contribution in [2.45, 2.75) is 38.7 Å². The number of aryl methyl sites for hydroxylation is 2. The fourth-order valence-corrected chi connectivity index (χ4v) is 1.19. The number of rotatable bonds is 4. The molecule has 1 atom stereocenters. The van der Waals surface area contributed by atoms with E-state index in [0.29, 0.717) is 0 Å². The molecule has 13 heavy (non-hydrogen) atoms. The first-order valence-corrected chi connectivity index (χ1v) is 4.73. The van der Waals surface area contributed by atoms with E-state index in [1.165, 1.54) is 5.56 Å². The summed E-state index contributed by atoms with van der Waals surface area (Å²) in [5, 5.41) is 13.8. The van der Waals surface area contributed by atoms with Gasteiger partial charge in [-0.3, -0.25) is 4.68 Å². The number of aromatic nitrogens is 2. The SMILES string of the molecule is CCC(C)(O)CCc1cnn(C)c1. The first-order valence-electron chi connectivity index (χ1n) is 4.73. The van der Waals surface area contributed by atoms with Crippen molar-refractivity contribution in [3.05, 3.63) is 18.0 Å². The Morgan fingerprint density at radius 3 is 2.77 bits per heavy atom. The molecule has 0 fully saturated rings. The lowest BCUT2D eigenvalue weighted by Crippen LogP contribution is -2.23. The van der Waals surface area contributed by atoms with Crippen molar-refractivity contribution in [2.75, 3.05) is 0 Å². The summed E-state index contributed by atoms with van der Waals surface area (Å²) < 4.78 is 1.79. The lowest BCUT2D eigenvalue weighted by atomic mass is 9.96. The summed E-state index contributed by atoms with van der Waals surface area (Å²) in [5.74, 6) is 0. The fourth-order valence-electron chi connectivity index (χ4n) is 1.19. The molecule has 0 spiro atoms. The third-order valence-corrected chi connectivity index (χ3v) is 2.47. The Balaban J connectivity index is 2.43. The van der Waals surface area contributed by atoms with Crippen molar-refractivity contribution in [3.63, 3.8) is 0 Å². The molecule has 3 heteroatoms. The molecule has 3 nitrogen and oxygen atoms in total. The zero-order chi connectivity index (χ0) is 9.90. The van der Waals surface area contributed by atoms with E-state index in [9.17, 15) is 5.11 Å². The van der Waals surface area contributed by atoms with E-state index in [-0.39, 0.29) is 0 Å². The molecule has 0 amide bonds. The quantitative estimate of drug-likeness (QED) is 0.766. The lowest BCUT2D eigenvalue weighted by Gasteiger charge is -2.20. The lowest BCUT2D eigenvalue weighted by molar-refractivity contribution is 0.0473. The van der Waals surface area contributed by atoms with Gasteiger partial charge in [0, 0.05) is 13.2 Å². The normalized spacial score (nSPS) is 15.7. The summed E-state index contributed by atoms with van der Waals surface area (Å²) in [6.07, 6.45) is 6.34. The maximum Gasteiger partial charge on any atom is 0.0620 e. The van der Waals surface area contributed by atoms with Crippen LogP contribution in [0.1, 0.15) is 32.3 Å². The number of aliphatic hydroxyl groups is 1. The highest BCUT2D eigenvalue weighted by atomic mass is 16.3. The van der Waals surface area contributed by atoms with E-state index in [2.05, 4.69) is 5.10 Å². The van der Waals surface area contributed by atoms with Crippen LogP contribution in [-0.4, -0.2) is 20.5 Å². The maximum absolute atomic E-state index is 9.76. The van der Waals surface area contributed by atoms with Crippen LogP contribution in [0.15, 0.2) is 12.4 Å². The second kappa shape index (κ2) is 3.92. The predicted molar refractivity (Wildman–Crippen MR) is 52.4 cm³/mol. The zero-order valence-electron chi connectivity index (χ0n) is 8.62. The molecule has 0 aliphatic rings. The molecule has 1 aromatic rings. The third kappa shape index (κ3) is 3.19. The van der Waals surface area contributed by atoms with E-state index in [1.807, 2.05) is 33.3 Å². The van der Waals surface area contributed by atoms with Gasteiger partial charge < -0.3 is 5.11 Å². The third-order valence-electron chi connectivity index (χ3n) is 2.47. The summed E-state index contributed by atoms with van der Waals surface area (Å²) >= 11 is 0. The van der Waals surface area contributed by atoms with Gasteiger partial charge in [0.2, 0.25) is 0 Å². The highest BCUT2D eigenvalue weighted by Crippen LogP contribution is 2.16. The van der Waals surface area contributed by atoms with Crippen LogP contribution in [0.5, 0.6) is 0 Å². The van der Waals surface area contributed by atoms with Gasteiger partial charge >= 0.3 is 0 Å². The van der Waals surface area contributed by atoms with Gasteiger partial charge in [-0.2, -0.15) is 5.10 Å². The van der Waals surface area contributed by atoms with Crippen LogP contribution in [0, 0.1) is 0 Å². The van der Waals surface area contributed by atoms with Crippen molar-refractivity contribution in [3.8, 4) is 0 Å². The first kappa shape index (κ1) is 10.3. The van der Waals surface area contributed by atoms with E-state index >= 15 is 0 Å². The number of hydrogen-bond donors (Lipinski definition) is 1. The van der Waals surface area contributed by atoms with Crippen LogP contribution in [0.2, 0.25) is 0 Å². The standard InChI is InChI=1S/C10H18N2O/c1-4-10(2,13)6-5-9-7-11-12(3)8-9/h7-8,13H,4-6H2,1-3H3. The Morgan fingerprint density at radius 1 is 1.62 bits per heavy atom. The second-order valence-corrected chi connectivity index (χ2v) is 3.87. The van der Waals surface area contributed by atoms with Gasteiger partial charge in [-0.25, -0.2) is 0 Å². The first-order chi connectivity index (χ1) is 6.03. The van der Waals surface area contributed by atoms with Gasteiger partial charge in [0.1, 0.15) is 0 Å². The van der Waals surface area contributed by atoms with E-state index in [0.717, 1.165) is 19.3 Å². The topological polar surface area (TPSA) is 38.1 Å². The summed E-state index contributed by atoms with van der Waals surface area (Å²) in [5.41, 5.74) is 0.659. The fraction of sp³-hybridized carbons (Fsp3) is 0.700. The molecule has 0 saturated carbocycles. The Hall–Kier alpha value is -0.830. The van der Waals surface area contributed by atoms with Gasteiger partial charge in [-0.1, -0.05) is 6.92 Å². The monoisotopic (exact) mass is 182 g/mol. The van der Waals surface area contributed by atoms with Gasteiger partial charge in [0.05, 0.1) is 11.8 Å². The van der Waals surface area contributed by atoms with Crippen molar-refractivity contribution in [2.24, 2.45) is 7.05 Å². The van der Waals surface area contributed by atoms with Gasteiger partial charge in [0.15, 0.2) is 0 Å². The molecule has 1 N–H and O–H groups in total. The summed E-state index contributed by atoms with van der Waals surface area (Å²) in [6.45, 7) is 3.88. The summed E-state index contributed by atoms with van der Waals surface area (Å²) in [7, 11) is 1.90. The molecule has 1 rings (SSSR count). The van der Waals surface area contributed by atoms with E-state index < -0.39 is 5.60 Å². The highest BCUT2D eigenvalue weighted by Gasteiger charge is 2.16. The van der Waals surface area contributed by atoms with Crippen LogP contribution in [0.3, 0.4) is 0 Å². The Kier molecular flexibility index (Phi) is 3.09. The van der Waals surface area contributed by atoms with Crippen LogP contribution in [-0.2, 0) is 13.5 Å². The largest absolute Gasteiger partial charge is 0.390 e. The smallest absolute Gasteiger partial charge is 0.0620 e. The maximum atomic E-state index is 9.76. The molecule has 1 aromatic heterocycles. The van der Waals surface area contributed by atoms with Crippen LogP contribution in [0.4, 0.5) is 0 Å². The van der Waals surface area contributed by atoms with E-state index in [4.69, 9.17) is 0 Å². The Labute approximate surface area is 79.4 Å². The van der Waals surface area contributed by atoms with Crippen LogP contribution in [0.25, 0.3) is 0 Å². The molecule has 74 valence electrons. The zero-order valence-corrected chi connectivity index (χ0v) is 8.62. The van der Waals surface area contributed by atoms with Gasteiger partial charge in [-0.15, -0.1) is 0 Å². The number of hydrogen-bond acceptors (Lipinski definition) is 2. The van der Waals surface area contributed by atoms with Crippen molar-refractivity contribution < 1.29 is 5.11 Å². The van der Waals surface area contributed by atoms with Crippen LogP contribution >= 0.6 is 0 Å². The van der Waals surface area contributed by atoms with Crippen molar-refractivity contribution in [1.82, 2.24) is 9.78 Å². The molecule has 0 bridgehead atoms. The average molecular weight is 182 g/mol. The Bertz CT molecular complexity index is 266. The number of nitrogens with zero attached hydrogens (tertiary/aromatic N) is 2. The Morgan fingerprint density at radius 2 is 2.31 bits per heavy atom. The molecule has 0 aliphatic carbocycles. The van der Waals surface area contributed by atoms with Crippen LogP contribution < -0.4 is 0 Å². The summed E-state index contributed by atoms with van der Waals surface area (Å²) in [6, 6.07) is 0. The minimum Gasteiger partial charge on any atom is -0.390 e. The summed E-state index contributed by atoms with van der Waals surface area (Å²) in [4.78, 5) is 0. The second-order valence-electron chi connectivity index (χ2n) is 3.87. The highest BCUT2D eigenvalue weighted by molar-refractivity contribution is 5.04. The predicted octanol–water partition coefficient (Wildman–Crippen LogP) is 1.51. The molecule has 0 radical (unpaired) electrons. The minimum absolute atomic E-state index is 0.532. The molecule has 0 saturated heterocycles.